The molecule has 1 aliphatic rings. The monoisotopic (exact) mass is 323 g/mol. The van der Waals surface area contributed by atoms with Gasteiger partial charge in [0.1, 0.15) is 6.10 Å². The average molecular weight is 323 g/mol. The number of benzene rings is 1. The van der Waals surface area contributed by atoms with E-state index in [2.05, 4.69) is 18.7 Å². The number of aliphatic hydroxyl groups excluding tert-OH is 1. The van der Waals surface area contributed by atoms with Crippen LogP contribution in [0.25, 0.3) is 0 Å². The predicted molar refractivity (Wildman–Crippen MR) is 90.1 cm³/mol. The van der Waals surface area contributed by atoms with Crippen molar-refractivity contribution in [2.45, 2.75) is 32.4 Å². The summed E-state index contributed by atoms with van der Waals surface area (Å²) in [5.41, 5.74) is 1.09. The Morgan fingerprint density at radius 2 is 2.00 bits per heavy atom. The highest BCUT2D eigenvalue weighted by molar-refractivity contribution is 5.44. The molecule has 2 unspecified atom stereocenters. The van der Waals surface area contributed by atoms with Gasteiger partial charge in [0.05, 0.1) is 33.5 Å². The Bertz CT molecular complexity index is 492. The van der Waals surface area contributed by atoms with Gasteiger partial charge in [0, 0.05) is 6.54 Å². The molecule has 23 heavy (non-hydrogen) atoms. The topological polar surface area (TPSA) is 51.2 Å². The summed E-state index contributed by atoms with van der Waals surface area (Å²) in [7, 11) is 3.27. The van der Waals surface area contributed by atoms with E-state index in [1.165, 1.54) is 0 Å². The maximum atomic E-state index is 9.74. The molecule has 1 saturated heterocycles. The van der Waals surface area contributed by atoms with E-state index >= 15 is 0 Å². The number of nitrogens with zero attached hydrogens (tertiary/aromatic N) is 1. The molecule has 5 nitrogen and oxygen atoms in total. The summed E-state index contributed by atoms with van der Waals surface area (Å²) in [5.74, 6) is 2.06. The van der Waals surface area contributed by atoms with Gasteiger partial charge in [-0.3, -0.25) is 4.90 Å². The molecular weight excluding hydrogens is 294 g/mol. The number of hydrogen-bond acceptors (Lipinski definition) is 5. The summed E-state index contributed by atoms with van der Waals surface area (Å²) in [6, 6.07) is 5.97. The van der Waals surface area contributed by atoms with Crippen LogP contribution in [0, 0.1) is 5.92 Å². The second-order valence-electron chi connectivity index (χ2n) is 6.37. The fourth-order valence-corrected chi connectivity index (χ4v) is 3.08. The lowest BCUT2D eigenvalue weighted by molar-refractivity contribution is -0.0939. The van der Waals surface area contributed by atoms with Crippen LogP contribution in [-0.2, 0) is 4.74 Å². The van der Waals surface area contributed by atoms with Crippen molar-refractivity contribution in [1.29, 1.82) is 0 Å². The summed E-state index contributed by atoms with van der Waals surface area (Å²) >= 11 is 0. The van der Waals surface area contributed by atoms with Gasteiger partial charge in [-0.15, -0.1) is 0 Å². The van der Waals surface area contributed by atoms with Crippen molar-refractivity contribution in [2.75, 3.05) is 40.5 Å². The van der Waals surface area contributed by atoms with Gasteiger partial charge in [0.15, 0.2) is 11.5 Å². The van der Waals surface area contributed by atoms with Crippen molar-refractivity contribution in [2.24, 2.45) is 5.92 Å². The van der Waals surface area contributed by atoms with Crippen molar-refractivity contribution in [3.8, 4) is 11.5 Å². The normalized spacial score (nSPS) is 22.3. The SMILES string of the molecule is COc1ccc(C2C(CO)OCCN2CCC(C)C)cc1OC. The molecule has 1 fully saturated rings. The van der Waals surface area contributed by atoms with Crippen LogP contribution in [0.1, 0.15) is 31.9 Å². The van der Waals surface area contributed by atoms with Crippen LogP contribution < -0.4 is 9.47 Å². The number of morpholine rings is 1. The number of rotatable bonds is 7. The van der Waals surface area contributed by atoms with Gasteiger partial charge in [-0.2, -0.15) is 0 Å². The van der Waals surface area contributed by atoms with Crippen LogP contribution in [0.2, 0.25) is 0 Å². The van der Waals surface area contributed by atoms with Crippen LogP contribution in [0.15, 0.2) is 18.2 Å². The minimum absolute atomic E-state index is 0.0111. The van der Waals surface area contributed by atoms with E-state index in [4.69, 9.17) is 14.2 Å². The Labute approximate surface area is 139 Å². The third-order valence-electron chi connectivity index (χ3n) is 4.38. The molecule has 1 N–H and O–H groups in total. The van der Waals surface area contributed by atoms with Gasteiger partial charge in [0.2, 0.25) is 0 Å². The van der Waals surface area contributed by atoms with E-state index in [0.29, 0.717) is 24.0 Å². The van der Waals surface area contributed by atoms with E-state index < -0.39 is 0 Å². The molecule has 0 aliphatic carbocycles. The molecule has 0 spiro atoms. The molecule has 0 radical (unpaired) electrons. The van der Waals surface area contributed by atoms with Crippen molar-refractivity contribution < 1.29 is 19.3 Å². The first kappa shape index (κ1) is 18.0. The first-order chi connectivity index (χ1) is 11.1. The van der Waals surface area contributed by atoms with E-state index in [9.17, 15) is 5.11 Å². The standard InChI is InChI=1S/C18H29NO4/c1-13(2)7-8-19-9-10-23-17(12-20)18(19)14-5-6-15(21-3)16(11-14)22-4/h5-6,11,13,17-18,20H,7-10,12H2,1-4H3. The Hall–Kier alpha value is -1.30. The minimum atomic E-state index is -0.214. The predicted octanol–water partition coefficient (Wildman–Crippen LogP) is 2.48. The Morgan fingerprint density at radius 3 is 2.61 bits per heavy atom. The molecule has 2 atom stereocenters. The minimum Gasteiger partial charge on any atom is -0.493 e. The van der Waals surface area contributed by atoms with Crippen LogP contribution >= 0.6 is 0 Å². The molecule has 5 heteroatoms. The van der Waals surface area contributed by atoms with Gasteiger partial charge in [-0.05, 0) is 36.6 Å². The Kier molecular flexibility index (Phi) is 6.69. The molecule has 0 saturated carbocycles. The smallest absolute Gasteiger partial charge is 0.161 e. The zero-order valence-corrected chi connectivity index (χ0v) is 14.6. The highest BCUT2D eigenvalue weighted by Crippen LogP contribution is 2.35. The zero-order valence-electron chi connectivity index (χ0n) is 14.6. The lowest BCUT2D eigenvalue weighted by Crippen LogP contribution is -2.47. The molecule has 2 rings (SSSR count). The highest BCUT2D eigenvalue weighted by Gasteiger charge is 2.33. The van der Waals surface area contributed by atoms with Crippen molar-refractivity contribution in [3.63, 3.8) is 0 Å². The Balaban J connectivity index is 2.28. The Morgan fingerprint density at radius 1 is 1.26 bits per heavy atom. The lowest BCUT2D eigenvalue weighted by atomic mass is 9.97. The second-order valence-corrected chi connectivity index (χ2v) is 6.37. The summed E-state index contributed by atoms with van der Waals surface area (Å²) in [4.78, 5) is 2.41. The van der Waals surface area contributed by atoms with E-state index in [1.807, 2.05) is 18.2 Å². The number of ether oxygens (including phenoxy) is 3. The third-order valence-corrected chi connectivity index (χ3v) is 4.38. The molecule has 1 heterocycles. The van der Waals surface area contributed by atoms with Gasteiger partial charge in [-0.1, -0.05) is 19.9 Å². The molecule has 1 aliphatic heterocycles. The number of hydrogen-bond donors (Lipinski definition) is 1. The first-order valence-corrected chi connectivity index (χ1v) is 8.29. The quantitative estimate of drug-likeness (QED) is 0.835. The summed E-state index contributed by atoms with van der Waals surface area (Å²) in [6.45, 7) is 7.01. The van der Waals surface area contributed by atoms with E-state index in [-0.39, 0.29) is 18.8 Å². The number of methoxy groups -OCH3 is 2. The third kappa shape index (κ3) is 4.37. The molecule has 0 bridgehead atoms. The number of aliphatic hydroxyl groups is 1. The van der Waals surface area contributed by atoms with Crippen molar-refractivity contribution in [3.05, 3.63) is 23.8 Å². The van der Waals surface area contributed by atoms with Crippen LogP contribution in [0.3, 0.4) is 0 Å². The first-order valence-electron chi connectivity index (χ1n) is 8.29. The lowest BCUT2D eigenvalue weighted by Gasteiger charge is -2.41. The summed E-state index contributed by atoms with van der Waals surface area (Å²) < 4.78 is 16.5. The molecular formula is C18H29NO4. The molecule has 0 amide bonds. The highest BCUT2D eigenvalue weighted by atomic mass is 16.5. The van der Waals surface area contributed by atoms with Gasteiger partial charge in [-0.25, -0.2) is 0 Å². The van der Waals surface area contributed by atoms with Gasteiger partial charge in [0.25, 0.3) is 0 Å². The van der Waals surface area contributed by atoms with Crippen molar-refractivity contribution >= 4 is 0 Å². The molecule has 1 aromatic carbocycles. The summed E-state index contributed by atoms with van der Waals surface area (Å²) in [5, 5.41) is 9.74. The van der Waals surface area contributed by atoms with Gasteiger partial charge >= 0.3 is 0 Å². The van der Waals surface area contributed by atoms with E-state index in [0.717, 1.165) is 25.1 Å². The average Bonchev–Trinajstić information content (AvgIpc) is 2.58. The van der Waals surface area contributed by atoms with E-state index in [1.54, 1.807) is 14.2 Å². The summed E-state index contributed by atoms with van der Waals surface area (Å²) in [6.07, 6.45) is 0.913. The fourth-order valence-electron chi connectivity index (χ4n) is 3.08. The second kappa shape index (κ2) is 8.52. The molecule has 1 aromatic rings. The molecule has 130 valence electrons. The fraction of sp³-hybridized carbons (Fsp3) is 0.667. The van der Waals surface area contributed by atoms with Gasteiger partial charge < -0.3 is 19.3 Å². The van der Waals surface area contributed by atoms with Crippen LogP contribution in [-0.4, -0.2) is 56.6 Å². The largest absolute Gasteiger partial charge is 0.493 e. The van der Waals surface area contributed by atoms with Crippen LogP contribution in [0.5, 0.6) is 11.5 Å². The maximum Gasteiger partial charge on any atom is 0.161 e. The maximum absolute atomic E-state index is 9.74. The van der Waals surface area contributed by atoms with Crippen molar-refractivity contribution in [1.82, 2.24) is 4.90 Å². The molecule has 0 aromatic heterocycles. The van der Waals surface area contributed by atoms with Crippen LogP contribution in [0.4, 0.5) is 0 Å². The zero-order chi connectivity index (χ0) is 16.8.